The molecule has 1 amide bonds. The zero-order valence-electron chi connectivity index (χ0n) is 10.4. The van der Waals surface area contributed by atoms with E-state index in [9.17, 15) is 4.79 Å². The molecule has 2 aliphatic rings. The van der Waals surface area contributed by atoms with E-state index < -0.39 is 0 Å². The van der Waals surface area contributed by atoms with Crippen molar-refractivity contribution in [1.29, 1.82) is 0 Å². The highest BCUT2D eigenvalue weighted by atomic mass is 32.2. The molecule has 18 heavy (non-hydrogen) atoms. The summed E-state index contributed by atoms with van der Waals surface area (Å²) >= 11 is 1.63. The molecular formula is C14H16N2OS. The summed E-state index contributed by atoms with van der Waals surface area (Å²) in [4.78, 5) is 16.7. The zero-order chi connectivity index (χ0) is 12.6. The van der Waals surface area contributed by atoms with Crippen molar-refractivity contribution in [3.05, 3.63) is 35.4 Å². The Morgan fingerprint density at radius 1 is 1.44 bits per heavy atom. The number of aliphatic imine (C=N–C) groups is 1. The molecule has 0 unspecified atom stereocenters. The summed E-state index contributed by atoms with van der Waals surface area (Å²) in [5, 5.41) is 3.76. The lowest BCUT2D eigenvalue weighted by atomic mass is 9.94. The molecule has 0 aromatic heterocycles. The molecule has 1 aromatic carbocycles. The molecule has 3 rings (SSSR count). The van der Waals surface area contributed by atoms with Gasteiger partial charge in [0.15, 0.2) is 5.17 Å². The number of rotatable bonds is 2. The first-order chi connectivity index (χ1) is 8.71. The Kier molecular flexibility index (Phi) is 2.90. The van der Waals surface area contributed by atoms with Crippen LogP contribution in [-0.2, 0) is 10.2 Å². The normalized spacial score (nSPS) is 20.4. The molecule has 0 spiro atoms. The second-order valence-corrected chi connectivity index (χ2v) is 6.02. The molecule has 0 bridgehead atoms. The number of nitrogens with zero attached hydrogens (tertiary/aromatic N) is 1. The van der Waals surface area contributed by atoms with Gasteiger partial charge < -0.3 is 5.32 Å². The molecule has 1 aromatic rings. The molecule has 3 nitrogen and oxygen atoms in total. The van der Waals surface area contributed by atoms with Crippen molar-refractivity contribution in [2.45, 2.75) is 25.2 Å². The van der Waals surface area contributed by atoms with Crippen molar-refractivity contribution in [2.75, 3.05) is 12.3 Å². The van der Waals surface area contributed by atoms with E-state index in [1.807, 2.05) is 6.07 Å². The van der Waals surface area contributed by atoms with E-state index in [1.165, 1.54) is 5.56 Å². The van der Waals surface area contributed by atoms with E-state index in [0.29, 0.717) is 0 Å². The Bertz CT molecular complexity index is 520. The summed E-state index contributed by atoms with van der Waals surface area (Å²) in [6.07, 6.45) is 1.89. The summed E-state index contributed by atoms with van der Waals surface area (Å²) in [6.45, 7) is 2.88. The van der Waals surface area contributed by atoms with Gasteiger partial charge in [0.25, 0.3) is 0 Å². The van der Waals surface area contributed by atoms with Crippen LogP contribution in [0.25, 0.3) is 0 Å². The van der Waals surface area contributed by atoms with E-state index in [1.54, 1.807) is 11.8 Å². The van der Waals surface area contributed by atoms with Crippen molar-refractivity contribution in [3.63, 3.8) is 0 Å². The second kappa shape index (κ2) is 4.43. The molecule has 1 fully saturated rings. The van der Waals surface area contributed by atoms with Gasteiger partial charge in [-0.05, 0) is 25.3 Å². The Morgan fingerprint density at radius 3 is 2.89 bits per heavy atom. The lowest BCUT2D eigenvalue weighted by Crippen LogP contribution is -2.37. The van der Waals surface area contributed by atoms with Gasteiger partial charge in [0.1, 0.15) is 0 Å². The average molecular weight is 260 g/mol. The van der Waals surface area contributed by atoms with Crippen LogP contribution in [0.1, 0.15) is 24.0 Å². The van der Waals surface area contributed by atoms with Gasteiger partial charge in [0.05, 0.1) is 12.0 Å². The highest BCUT2D eigenvalue weighted by molar-refractivity contribution is 8.14. The number of carbonyl (C=O) groups is 1. The van der Waals surface area contributed by atoms with E-state index in [-0.39, 0.29) is 11.3 Å². The van der Waals surface area contributed by atoms with Gasteiger partial charge in [0, 0.05) is 5.75 Å². The van der Waals surface area contributed by atoms with Gasteiger partial charge in [-0.1, -0.05) is 41.6 Å². The largest absolute Gasteiger partial charge is 0.305 e. The SMILES string of the molecule is Cc1cccc(C2(C(=O)NC3=NCCS3)CC2)c1. The average Bonchev–Trinajstić information content (AvgIpc) is 3.03. The third-order valence-corrected chi connectivity index (χ3v) is 4.45. The molecule has 1 saturated carbocycles. The van der Waals surface area contributed by atoms with Crippen molar-refractivity contribution in [2.24, 2.45) is 4.99 Å². The van der Waals surface area contributed by atoms with Crippen molar-refractivity contribution in [1.82, 2.24) is 5.32 Å². The van der Waals surface area contributed by atoms with Gasteiger partial charge in [-0.25, -0.2) is 0 Å². The van der Waals surface area contributed by atoms with Crippen LogP contribution in [0.5, 0.6) is 0 Å². The molecule has 1 N–H and O–H groups in total. The highest BCUT2D eigenvalue weighted by Gasteiger charge is 2.51. The first kappa shape index (κ1) is 11.8. The van der Waals surface area contributed by atoms with Gasteiger partial charge in [-0.3, -0.25) is 9.79 Å². The lowest BCUT2D eigenvalue weighted by Gasteiger charge is -2.15. The molecule has 4 heteroatoms. The van der Waals surface area contributed by atoms with Crippen LogP contribution in [-0.4, -0.2) is 23.4 Å². The third-order valence-electron chi connectivity index (χ3n) is 3.56. The van der Waals surface area contributed by atoms with Gasteiger partial charge >= 0.3 is 0 Å². The minimum atomic E-state index is -0.294. The number of benzene rings is 1. The predicted molar refractivity (Wildman–Crippen MR) is 75.0 cm³/mol. The minimum Gasteiger partial charge on any atom is -0.305 e. The Hall–Kier alpha value is -1.29. The van der Waals surface area contributed by atoms with Crippen LogP contribution in [0, 0.1) is 6.92 Å². The fraction of sp³-hybridized carbons (Fsp3) is 0.429. The number of amidine groups is 1. The fourth-order valence-corrected chi connectivity index (χ4v) is 3.07. The number of thioether (sulfide) groups is 1. The minimum absolute atomic E-state index is 0.112. The van der Waals surface area contributed by atoms with Gasteiger partial charge in [0.2, 0.25) is 5.91 Å². The molecule has 1 aliphatic heterocycles. The summed E-state index contributed by atoms with van der Waals surface area (Å²) in [5.41, 5.74) is 2.06. The number of amides is 1. The molecule has 0 radical (unpaired) electrons. The fourth-order valence-electron chi connectivity index (χ4n) is 2.34. The number of hydrogen-bond donors (Lipinski definition) is 1. The first-order valence-corrected chi connectivity index (χ1v) is 7.25. The molecule has 94 valence electrons. The number of hydrogen-bond acceptors (Lipinski definition) is 3. The standard InChI is InChI=1S/C14H16N2OS/c1-10-3-2-4-11(9-10)14(5-6-14)12(17)16-13-15-7-8-18-13/h2-4,9H,5-8H2,1H3,(H,15,16,17). The highest BCUT2D eigenvalue weighted by Crippen LogP contribution is 2.48. The van der Waals surface area contributed by atoms with E-state index in [2.05, 4.69) is 35.4 Å². The predicted octanol–water partition coefficient (Wildman–Crippen LogP) is 2.25. The van der Waals surface area contributed by atoms with E-state index in [0.717, 1.165) is 35.9 Å². The topological polar surface area (TPSA) is 41.5 Å². The van der Waals surface area contributed by atoms with Gasteiger partial charge in [-0.2, -0.15) is 0 Å². The van der Waals surface area contributed by atoms with Crippen molar-refractivity contribution in [3.8, 4) is 0 Å². The maximum Gasteiger partial charge on any atom is 0.236 e. The quantitative estimate of drug-likeness (QED) is 0.886. The monoisotopic (exact) mass is 260 g/mol. The Balaban J connectivity index is 1.80. The first-order valence-electron chi connectivity index (χ1n) is 6.27. The van der Waals surface area contributed by atoms with Crippen LogP contribution in [0.2, 0.25) is 0 Å². The van der Waals surface area contributed by atoms with E-state index >= 15 is 0 Å². The van der Waals surface area contributed by atoms with Crippen molar-refractivity contribution >= 4 is 22.8 Å². The van der Waals surface area contributed by atoms with Crippen LogP contribution >= 0.6 is 11.8 Å². The number of nitrogens with one attached hydrogen (secondary N) is 1. The van der Waals surface area contributed by atoms with E-state index in [4.69, 9.17) is 0 Å². The Labute approximate surface area is 111 Å². The van der Waals surface area contributed by atoms with Crippen LogP contribution in [0.3, 0.4) is 0 Å². The maximum atomic E-state index is 12.4. The van der Waals surface area contributed by atoms with Crippen molar-refractivity contribution < 1.29 is 4.79 Å². The summed E-state index contributed by atoms with van der Waals surface area (Å²) < 4.78 is 0. The van der Waals surface area contributed by atoms with Crippen LogP contribution in [0.15, 0.2) is 29.3 Å². The second-order valence-electron chi connectivity index (χ2n) is 4.94. The third kappa shape index (κ3) is 2.05. The van der Waals surface area contributed by atoms with Gasteiger partial charge in [-0.15, -0.1) is 0 Å². The molecular weight excluding hydrogens is 244 g/mol. The molecule has 1 aliphatic carbocycles. The number of carbonyl (C=O) groups excluding carboxylic acids is 1. The summed E-state index contributed by atoms with van der Waals surface area (Å²) in [5.74, 6) is 1.09. The summed E-state index contributed by atoms with van der Waals surface area (Å²) in [6, 6.07) is 8.27. The lowest BCUT2D eigenvalue weighted by molar-refractivity contribution is -0.122. The smallest absolute Gasteiger partial charge is 0.236 e. The van der Waals surface area contributed by atoms with Crippen LogP contribution in [0.4, 0.5) is 0 Å². The summed E-state index contributed by atoms with van der Waals surface area (Å²) in [7, 11) is 0. The number of aryl methyl sites for hydroxylation is 1. The maximum absolute atomic E-state index is 12.4. The van der Waals surface area contributed by atoms with Crippen LogP contribution < -0.4 is 5.32 Å². The zero-order valence-corrected chi connectivity index (χ0v) is 11.2. The molecule has 0 saturated heterocycles. The Morgan fingerprint density at radius 2 is 2.28 bits per heavy atom. The molecule has 1 heterocycles. The molecule has 0 atom stereocenters.